The highest BCUT2D eigenvalue weighted by Crippen LogP contribution is 2.31. The molecule has 0 saturated heterocycles. The van der Waals surface area contributed by atoms with Gasteiger partial charge in [-0.2, -0.15) is 0 Å². The van der Waals surface area contributed by atoms with E-state index >= 15 is 0 Å². The van der Waals surface area contributed by atoms with Crippen molar-refractivity contribution in [1.82, 2.24) is 10.3 Å². The van der Waals surface area contributed by atoms with Crippen molar-refractivity contribution in [2.45, 2.75) is 25.8 Å². The van der Waals surface area contributed by atoms with E-state index in [1.807, 2.05) is 6.92 Å². The molecule has 0 spiro atoms. The van der Waals surface area contributed by atoms with Gasteiger partial charge in [-0.15, -0.1) is 11.3 Å². The van der Waals surface area contributed by atoms with Crippen molar-refractivity contribution in [3.63, 3.8) is 0 Å². The van der Waals surface area contributed by atoms with Gasteiger partial charge in [-0.3, -0.25) is 0 Å². The smallest absolute Gasteiger partial charge is 0.110 e. The third-order valence-corrected chi connectivity index (χ3v) is 4.76. The highest BCUT2D eigenvalue weighted by molar-refractivity contribution is 7.09. The lowest BCUT2D eigenvalue weighted by Gasteiger charge is -2.15. The fourth-order valence-corrected chi connectivity index (χ4v) is 3.34. The van der Waals surface area contributed by atoms with Crippen molar-refractivity contribution >= 4 is 17.0 Å². The number of para-hydroxylation sites is 1. The molecule has 1 aromatic heterocycles. The van der Waals surface area contributed by atoms with Gasteiger partial charge in [0.15, 0.2) is 0 Å². The zero-order valence-electron chi connectivity index (χ0n) is 11.3. The van der Waals surface area contributed by atoms with E-state index in [-0.39, 0.29) is 0 Å². The summed E-state index contributed by atoms with van der Waals surface area (Å²) in [7, 11) is 0. The van der Waals surface area contributed by atoms with Gasteiger partial charge in [0.1, 0.15) is 5.01 Å². The minimum Gasteiger partial charge on any atom is -0.384 e. The van der Waals surface area contributed by atoms with Crippen LogP contribution in [-0.2, 0) is 0 Å². The molecule has 2 atom stereocenters. The Bertz CT molecular complexity index is 564. The SMILES string of the molecule is Cc1csc(C(C)NCC2CNc3ccccc32)n1. The number of benzene rings is 1. The molecule has 0 radical (unpaired) electrons. The lowest BCUT2D eigenvalue weighted by Crippen LogP contribution is -2.25. The van der Waals surface area contributed by atoms with E-state index in [0.717, 1.165) is 18.8 Å². The monoisotopic (exact) mass is 273 g/mol. The van der Waals surface area contributed by atoms with E-state index < -0.39 is 0 Å². The second-order valence-corrected chi connectivity index (χ2v) is 6.01. The predicted octanol–water partition coefficient (Wildman–Crippen LogP) is 3.31. The first-order chi connectivity index (χ1) is 9.24. The van der Waals surface area contributed by atoms with Crippen LogP contribution in [0.4, 0.5) is 5.69 Å². The van der Waals surface area contributed by atoms with Crippen molar-refractivity contribution in [2.75, 3.05) is 18.4 Å². The summed E-state index contributed by atoms with van der Waals surface area (Å²) in [6.45, 7) is 6.25. The predicted molar refractivity (Wildman–Crippen MR) is 80.9 cm³/mol. The summed E-state index contributed by atoms with van der Waals surface area (Å²) in [5.41, 5.74) is 3.83. The van der Waals surface area contributed by atoms with Crippen molar-refractivity contribution in [3.8, 4) is 0 Å². The van der Waals surface area contributed by atoms with Crippen molar-refractivity contribution in [1.29, 1.82) is 0 Å². The number of rotatable bonds is 4. The number of hydrogen-bond donors (Lipinski definition) is 2. The fourth-order valence-electron chi connectivity index (χ4n) is 2.52. The molecule has 2 heterocycles. The Morgan fingerprint density at radius 1 is 1.47 bits per heavy atom. The Morgan fingerprint density at radius 2 is 2.32 bits per heavy atom. The molecule has 1 aromatic carbocycles. The minimum absolute atomic E-state index is 0.325. The molecule has 3 nitrogen and oxygen atoms in total. The summed E-state index contributed by atoms with van der Waals surface area (Å²) in [5.74, 6) is 0.555. The van der Waals surface area contributed by atoms with E-state index in [1.54, 1.807) is 11.3 Å². The summed E-state index contributed by atoms with van der Waals surface area (Å²) in [5, 5.41) is 10.4. The largest absolute Gasteiger partial charge is 0.384 e. The van der Waals surface area contributed by atoms with Crippen LogP contribution in [0.25, 0.3) is 0 Å². The molecule has 1 aliphatic heterocycles. The maximum absolute atomic E-state index is 4.54. The van der Waals surface area contributed by atoms with Crippen LogP contribution >= 0.6 is 11.3 Å². The highest BCUT2D eigenvalue weighted by Gasteiger charge is 2.22. The van der Waals surface area contributed by atoms with Crippen LogP contribution in [0, 0.1) is 6.92 Å². The summed E-state index contributed by atoms with van der Waals surface area (Å²) in [6, 6.07) is 8.91. The molecule has 3 rings (SSSR count). The molecule has 4 heteroatoms. The Labute approximate surface area is 118 Å². The summed E-state index contributed by atoms with van der Waals surface area (Å²) >= 11 is 1.74. The van der Waals surface area contributed by atoms with Crippen LogP contribution in [0.1, 0.15) is 35.1 Å². The number of aryl methyl sites for hydroxylation is 1. The molecule has 2 unspecified atom stereocenters. The van der Waals surface area contributed by atoms with Gasteiger partial charge in [0.05, 0.1) is 6.04 Å². The number of fused-ring (bicyclic) bond motifs is 1. The summed E-state index contributed by atoms with van der Waals surface area (Å²) in [6.07, 6.45) is 0. The second-order valence-electron chi connectivity index (χ2n) is 5.12. The van der Waals surface area contributed by atoms with Crippen LogP contribution in [-0.4, -0.2) is 18.1 Å². The Balaban J connectivity index is 1.62. The molecular weight excluding hydrogens is 254 g/mol. The molecule has 100 valence electrons. The number of thiazole rings is 1. The van der Waals surface area contributed by atoms with Gasteiger partial charge >= 0.3 is 0 Å². The highest BCUT2D eigenvalue weighted by atomic mass is 32.1. The zero-order valence-corrected chi connectivity index (χ0v) is 12.1. The number of nitrogens with one attached hydrogen (secondary N) is 2. The Morgan fingerprint density at radius 3 is 3.11 bits per heavy atom. The average Bonchev–Trinajstić information content (AvgIpc) is 3.02. The maximum Gasteiger partial charge on any atom is 0.110 e. The van der Waals surface area contributed by atoms with E-state index in [9.17, 15) is 0 Å². The van der Waals surface area contributed by atoms with Crippen LogP contribution < -0.4 is 10.6 Å². The van der Waals surface area contributed by atoms with E-state index in [0.29, 0.717) is 12.0 Å². The lowest BCUT2D eigenvalue weighted by molar-refractivity contribution is 0.534. The first-order valence-electron chi connectivity index (χ1n) is 6.72. The van der Waals surface area contributed by atoms with Crippen LogP contribution in [0.15, 0.2) is 29.6 Å². The van der Waals surface area contributed by atoms with E-state index in [4.69, 9.17) is 0 Å². The van der Waals surface area contributed by atoms with Crippen LogP contribution in [0.5, 0.6) is 0 Å². The third kappa shape index (κ3) is 2.65. The molecule has 19 heavy (non-hydrogen) atoms. The van der Waals surface area contributed by atoms with Gasteiger partial charge in [-0.05, 0) is 25.5 Å². The zero-order chi connectivity index (χ0) is 13.2. The number of nitrogens with zero attached hydrogens (tertiary/aromatic N) is 1. The fraction of sp³-hybridized carbons (Fsp3) is 0.400. The van der Waals surface area contributed by atoms with E-state index in [1.165, 1.54) is 16.3 Å². The Hall–Kier alpha value is -1.39. The number of anilines is 1. The molecule has 1 aliphatic rings. The molecular formula is C15H19N3S. The quantitative estimate of drug-likeness (QED) is 0.897. The maximum atomic E-state index is 4.54. The molecule has 0 fully saturated rings. The second kappa shape index (κ2) is 5.31. The van der Waals surface area contributed by atoms with Gasteiger partial charge in [-0.25, -0.2) is 4.98 Å². The summed E-state index contributed by atoms with van der Waals surface area (Å²) < 4.78 is 0. The third-order valence-electron chi connectivity index (χ3n) is 3.62. The summed E-state index contributed by atoms with van der Waals surface area (Å²) in [4.78, 5) is 4.54. The standard InChI is InChI=1S/C15H19N3S/c1-10-9-19-15(18-10)11(2)16-7-12-8-17-14-6-4-3-5-13(12)14/h3-6,9,11-12,16-17H,7-8H2,1-2H3. The Kier molecular flexibility index (Phi) is 3.53. The number of hydrogen-bond acceptors (Lipinski definition) is 4. The lowest BCUT2D eigenvalue weighted by atomic mass is 10.0. The van der Waals surface area contributed by atoms with Crippen molar-refractivity contribution < 1.29 is 0 Å². The molecule has 0 saturated carbocycles. The van der Waals surface area contributed by atoms with Crippen LogP contribution in [0.3, 0.4) is 0 Å². The van der Waals surface area contributed by atoms with Gasteiger partial charge in [0.2, 0.25) is 0 Å². The van der Waals surface area contributed by atoms with Gasteiger partial charge in [-0.1, -0.05) is 18.2 Å². The first-order valence-corrected chi connectivity index (χ1v) is 7.60. The average molecular weight is 273 g/mol. The molecule has 2 N–H and O–H groups in total. The molecule has 0 bridgehead atoms. The van der Waals surface area contributed by atoms with Gasteiger partial charge in [0, 0.05) is 35.8 Å². The number of aromatic nitrogens is 1. The topological polar surface area (TPSA) is 37.0 Å². The van der Waals surface area contributed by atoms with Crippen molar-refractivity contribution in [2.24, 2.45) is 0 Å². The van der Waals surface area contributed by atoms with Gasteiger partial charge < -0.3 is 10.6 Å². The first kappa shape index (κ1) is 12.6. The minimum atomic E-state index is 0.325. The van der Waals surface area contributed by atoms with E-state index in [2.05, 4.69) is 52.2 Å². The molecule has 2 aromatic rings. The normalized spacial score (nSPS) is 18.9. The van der Waals surface area contributed by atoms with Crippen LogP contribution in [0.2, 0.25) is 0 Å². The van der Waals surface area contributed by atoms with Gasteiger partial charge in [0.25, 0.3) is 0 Å². The van der Waals surface area contributed by atoms with Crippen molar-refractivity contribution in [3.05, 3.63) is 45.9 Å². The molecule has 0 aliphatic carbocycles. The molecule has 0 amide bonds.